The van der Waals surface area contributed by atoms with E-state index in [-0.39, 0.29) is 5.82 Å². The molecule has 0 N–H and O–H groups in total. The summed E-state index contributed by atoms with van der Waals surface area (Å²) in [6.07, 6.45) is -3.09. The molecule has 17 heavy (non-hydrogen) atoms. The van der Waals surface area contributed by atoms with E-state index in [1.165, 1.54) is 4.68 Å². The molecule has 0 aromatic carbocycles. The Morgan fingerprint density at radius 3 is 2.71 bits per heavy atom. The van der Waals surface area contributed by atoms with E-state index in [2.05, 4.69) is 10.1 Å². The SMILES string of the molecule is CCCn1ncnc1CC(=O)C(F)(F)C(F)F. The molecule has 0 fully saturated rings. The molecule has 1 rings (SSSR count). The second kappa shape index (κ2) is 5.24. The molecule has 0 aliphatic heterocycles. The fraction of sp³-hybridized carbons (Fsp3) is 0.667. The van der Waals surface area contributed by atoms with Crippen molar-refractivity contribution in [3.8, 4) is 0 Å². The van der Waals surface area contributed by atoms with Gasteiger partial charge in [0.05, 0.1) is 6.42 Å². The van der Waals surface area contributed by atoms with Crippen LogP contribution < -0.4 is 0 Å². The smallest absolute Gasteiger partial charge is 0.292 e. The van der Waals surface area contributed by atoms with Gasteiger partial charge in [-0.05, 0) is 6.42 Å². The van der Waals surface area contributed by atoms with Gasteiger partial charge in [0.1, 0.15) is 12.2 Å². The highest BCUT2D eigenvalue weighted by molar-refractivity contribution is 5.87. The average Bonchev–Trinajstić information content (AvgIpc) is 2.66. The zero-order valence-electron chi connectivity index (χ0n) is 9.04. The van der Waals surface area contributed by atoms with Gasteiger partial charge in [0.25, 0.3) is 0 Å². The zero-order valence-corrected chi connectivity index (χ0v) is 9.04. The Balaban J connectivity index is 2.77. The zero-order chi connectivity index (χ0) is 13.1. The van der Waals surface area contributed by atoms with Gasteiger partial charge in [-0.25, -0.2) is 18.4 Å². The number of aryl methyl sites for hydroxylation is 1. The molecule has 0 radical (unpaired) electrons. The molecular weight excluding hydrogens is 242 g/mol. The fourth-order valence-corrected chi connectivity index (χ4v) is 1.21. The molecular formula is C9H11F4N3O. The van der Waals surface area contributed by atoms with Crippen LogP contribution in [0.4, 0.5) is 17.6 Å². The lowest BCUT2D eigenvalue weighted by Crippen LogP contribution is -2.38. The van der Waals surface area contributed by atoms with Crippen LogP contribution in [-0.2, 0) is 17.8 Å². The third kappa shape index (κ3) is 3.01. The number of ketones is 1. The third-order valence-corrected chi connectivity index (χ3v) is 2.10. The van der Waals surface area contributed by atoms with Crippen LogP contribution in [0.1, 0.15) is 19.2 Å². The average molecular weight is 253 g/mol. The Morgan fingerprint density at radius 2 is 2.18 bits per heavy atom. The number of aromatic nitrogens is 3. The van der Waals surface area contributed by atoms with E-state index in [9.17, 15) is 22.4 Å². The Hall–Kier alpha value is -1.47. The summed E-state index contributed by atoms with van der Waals surface area (Å²) in [5.41, 5.74) is 0. The van der Waals surface area contributed by atoms with Gasteiger partial charge in [0, 0.05) is 6.54 Å². The minimum Gasteiger partial charge on any atom is -0.292 e. The van der Waals surface area contributed by atoms with Crippen LogP contribution in [0.5, 0.6) is 0 Å². The number of Topliss-reactive ketones (excluding diaryl/α,β-unsaturated/α-hetero) is 1. The van der Waals surface area contributed by atoms with Gasteiger partial charge in [-0.1, -0.05) is 6.92 Å². The van der Waals surface area contributed by atoms with Crippen LogP contribution in [-0.4, -0.2) is 32.9 Å². The molecule has 0 unspecified atom stereocenters. The first-order chi connectivity index (χ1) is 7.89. The predicted octanol–water partition coefficient (Wildman–Crippen LogP) is 1.70. The molecule has 0 saturated heterocycles. The number of rotatable bonds is 6. The number of hydrogen-bond donors (Lipinski definition) is 0. The molecule has 0 bridgehead atoms. The lowest BCUT2D eigenvalue weighted by atomic mass is 10.1. The van der Waals surface area contributed by atoms with Crippen molar-refractivity contribution in [1.82, 2.24) is 14.8 Å². The summed E-state index contributed by atoms with van der Waals surface area (Å²) in [7, 11) is 0. The molecule has 0 atom stereocenters. The summed E-state index contributed by atoms with van der Waals surface area (Å²) >= 11 is 0. The maximum Gasteiger partial charge on any atom is 0.364 e. The van der Waals surface area contributed by atoms with Crippen molar-refractivity contribution in [3.05, 3.63) is 12.2 Å². The van der Waals surface area contributed by atoms with Crippen molar-refractivity contribution in [3.63, 3.8) is 0 Å². The summed E-state index contributed by atoms with van der Waals surface area (Å²) in [5.74, 6) is -6.52. The first kappa shape index (κ1) is 13.6. The normalized spacial score (nSPS) is 12.1. The molecule has 0 amide bonds. The minimum absolute atomic E-state index is 0.0304. The maximum absolute atomic E-state index is 12.7. The van der Waals surface area contributed by atoms with E-state index in [4.69, 9.17) is 0 Å². The van der Waals surface area contributed by atoms with Crippen LogP contribution >= 0.6 is 0 Å². The third-order valence-electron chi connectivity index (χ3n) is 2.10. The maximum atomic E-state index is 12.7. The Labute approximate surface area is 94.6 Å². The van der Waals surface area contributed by atoms with Crippen LogP contribution in [0.25, 0.3) is 0 Å². The van der Waals surface area contributed by atoms with Crippen LogP contribution in [0.2, 0.25) is 0 Å². The molecule has 96 valence electrons. The minimum atomic E-state index is -4.64. The van der Waals surface area contributed by atoms with Crippen molar-refractivity contribution in [1.29, 1.82) is 0 Å². The van der Waals surface area contributed by atoms with Gasteiger partial charge in [0.2, 0.25) is 5.78 Å². The monoisotopic (exact) mass is 253 g/mol. The molecule has 8 heteroatoms. The highest BCUT2D eigenvalue weighted by Crippen LogP contribution is 2.25. The summed E-state index contributed by atoms with van der Waals surface area (Å²) in [6, 6.07) is 0. The Kier molecular flexibility index (Phi) is 4.19. The van der Waals surface area contributed by atoms with Crippen molar-refractivity contribution < 1.29 is 22.4 Å². The van der Waals surface area contributed by atoms with Gasteiger partial charge >= 0.3 is 12.3 Å². The summed E-state index contributed by atoms with van der Waals surface area (Å²) in [5, 5.41) is 3.71. The number of carbonyl (C=O) groups excluding carboxylic acids is 1. The van der Waals surface area contributed by atoms with Gasteiger partial charge in [-0.15, -0.1) is 0 Å². The van der Waals surface area contributed by atoms with E-state index >= 15 is 0 Å². The molecule has 0 aliphatic rings. The highest BCUT2D eigenvalue weighted by Gasteiger charge is 2.48. The molecule has 4 nitrogen and oxygen atoms in total. The number of carbonyl (C=O) groups is 1. The highest BCUT2D eigenvalue weighted by atomic mass is 19.3. The second-order valence-electron chi connectivity index (χ2n) is 3.42. The standard InChI is InChI=1S/C9H11F4N3O/c1-2-3-16-7(14-5-15-16)4-6(17)9(12,13)8(10)11/h5,8H,2-4H2,1H3. The van der Waals surface area contributed by atoms with Crippen LogP contribution in [0.3, 0.4) is 0 Å². The first-order valence-corrected chi connectivity index (χ1v) is 4.95. The fourth-order valence-electron chi connectivity index (χ4n) is 1.21. The van der Waals surface area contributed by atoms with Crippen LogP contribution in [0, 0.1) is 0 Å². The number of hydrogen-bond acceptors (Lipinski definition) is 3. The van der Waals surface area contributed by atoms with E-state index in [1.54, 1.807) is 0 Å². The van der Waals surface area contributed by atoms with Gasteiger partial charge in [-0.3, -0.25) is 4.79 Å². The number of alkyl halides is 4. The molecule has 0 spiro atoms. The van der Waals surface area contributed by atoms with E-state index in [0.29, 0.717) is 13.0 Å². The number of nitrogens with zero attached hydrogens (tertiary/aromatic N) is 3. The molecule has 0 saturated carbocycles. The van der Waals surface area contributed by atoms with Gasteiger partial charge < -0.3 is 0 Å². The van der Waals surface area contributed by atoms with Crippen molar-refractivity contribution in [2.24, 2.45) is 0 Å². The van der Waals surface area contributed by atoms with Crippen molar-refractivity contribution >= 4 is 5.78 Å². The van der Waals surface area contributed by atoms with E-state index in [0.717, 1.165) is 6.33 Å². The number of halogens is 4. The molecule has 1 aromatic rings. The van der Waals surface area contributed by atoms with Crippen LogP contribution in [0.15, 0.2) is 6.33 Å². The lowest BCUT2D eigenvalue weighted by molar-refractivity contribution is -0.166. The second-order valence-corrected chi connectivity index (χ2v) is 3.42. The molecule has 0 aliphatic carbocycles. The Morgan fingerprint density at radius 1 is 1.53 bits per heavy atom. The first-order valence-electron chi connectivity index (χ1n) is 4.95. The summed E-state index contributed by atoms with van der Waals surface area (Å²) in [4.78, 5) is 14.6. The van der Waals surface area contributed by atoms with E-state index in [1.807, 2.05) is 6.92 Å². The topological polar surface area (TPSA) is 47.8 Å². The lowest BCUT2D eigenvalue weighted by Gasteiger charge is -2.13. The molecule has 1 aromatic heterocycles. The van der Waals surface area contributed by atoms with Crippen molar-refractivity contribution in [2.45, 2.75) is 38.7 Å². The predicted molar refractivity (Wildman–Crippen MR) is 50.0 cm³/mol. The van der Waals surface area contributed by atoms with Crippen molar-refractivity contribution in [2.75, 3.05) is 0 Å². The van der Waals surface area contributed by atoms with E-state index < -0.39 is 24.6 Å². The van der Waals surface area contributed by atoms with Gasteiger partial charge in [-0.2, -0.15) is 13.9 Å². The molecule has 1 heterocycles. The Bertz CT molecular complexity index is 391. The van der Waals surface area contributed by atoms with Gasteiger partial charge in [0.15, 0.2) is 0 Å². The summed E-state index contributed by atoms with van der Waals surface area (Å²) < 4.78 is 50.5. The summed E-state index contributed by atoms with van der Waals surface area (Å²) in [6.45, 7) is 2.21. The quantitative estimate of drug-likeness (QED) is 0.725. The largest absolute Gasteiger partial charge is 0.364 e.